The molecular formula is C14H14N4O3. The summed E-state index contributed by atoms with van der Waals surface area (Å²) in [6, 6.07) is 8.69. The third kappa shape index (κ3) is 3.64. The second kappa shape index (κ2) is 6.63. The summed E-state index contributed by atoms with van der Waals surface area (Å²) in [7, 11) is 0. The standard InChI is InChI=1S/C14H14N4O3/c1-2-21-14(20)12-8-18(17-16-12)9-13(19)11-5-3-4-10(6-11)7-15/h3-6,8,13,19H,2,9H2,1H3/t13-/m0/s1. The third-order valence-corrected chi connectivity index (χ3v) is 2.78. The van der Waals surface area contributed by atoms with E-state index >= 15 is 0 Å². The van der Waals surface area contributed by atoms with E-state index in [0.717, 1.165) is 0 Å². The molecule has 0 radical (unpaired) electrons. The lowest BCUT2D eigenvalue weighted by Crippen LogP contribution is -2.09. The van der Waals surface area contributed by atoms with Crippen molar-refractivity contribution in [3.8, 4) is 6.07 Å². The summed E-state index contributed by atoms with van der Waals surface area (Å²) in [5.74, 6) is -0.551. The van der Waals surface area contributed by atoms with E-state index in [4.69, 9.17) is 10.00 Å². The van der Waals surface area contributed by atoms with Crippen LogP contribution in [0, 0.1) is 11.3 Å². The number of ether oxygens (including phenoxy) is 1. The molecule has 108 valence electrons. The van der Waals surface area contributed by atoms with Gasteiger partial charge in [-0.3, -0.25) is 0 Å². The van der Waals surface area contributed by atoms with Crippen LogP contribution in [-0.2, 0) is 11.3 Å². The van der Waals surface area contributed by atoms with Crippen molar-refractivity contribution < 1.29 is 14.6 Å². The molecule has 0 fully saturated rings. The molecule has 0 saturated heterocycles. The molecule has 7 heteroatoms. The lowest BCUT2D eigenvalue weighted by Gasteiger charge is -2.10. The second-order valence-corrected chi connectivity index (χ2v) is 4.30. The quantitative estimate of drug-likeness (QED) is 0.825. The van der Waals surface area contributed by atoms with Crippen LogP contribution < -0.4 is 0 Å². The number of rotatable bonds is 5. The largest absolute Gasteiger partial charge is 0.461 e. The van der Waals surface area contributed by atoms with Gasteiger partial charge in [0.1, 0.15) is 0 Å². The van der Waals surface area contributed by atoms with Gasteiger partial charge >= 0.3 is 5.97 Å². The summed E-state index contributed by atoms with van der Waals surface area (Å²) < 4.78 is 6.16. The Balaban J connectivity index is 2.07. The Bertz CT molecular complexity index is 675. The molecule has 0 spiro atoms. The molecule has 0 saturated carbocycles. The van der Waals surface area contributed by atoms with Gasteiger partial charge in [-0.2, -0.15) is 5.26 Å². The van der Waals surface area contributed by atoms with E-state index in [1.165, 1.54) is 10.9 Å². The lowest BCUT2D eigenvalue weighted by molar-refractivity contribution is 0.0519. The van der Waals surface area contributed by atoms with Crippen molar-refractivity contribution in [2.45, 2.75) is 19.6 Å². The van der Waals surface area contributed by atoms with E-state index in [1.54, 1.807) is 31.2 Å². The maximum Gasteiger partial charge on any atom is 0.360 e. The van der Waals surface area contributed by atoms with Gasteiger partial charge in [0.05, 0.1) is 37.1 Å². The first kappa shape index (κ1) is 14.7. The summed E-state index contributed by atoms with van der Waals surface area (Å²) in [6.45, 7) is 2.09. The zero-order valence-corrected chi connectivity index (χ0v) is 11.4. The number of carbonyl (C=O) groups excluding carboxylic acids is 1. The molecule has 0 aliphatic heterocycles. The highest BCUT2D eigenvalue weighted by atomic mass is 16.5. The van der Waals surface area contributed by atoms with Gasteiger partial charge in [0.2, 0.25) is 0 Å². The fourth-order valence-corrected chi connectivity index (χ4v) is 1.78. The van der Waals surface area contributed by atoms with Gasteiger partial charge < -0.3 is 9.84 Å². The molecule has 0 bridgehead atoms. The van der Waals surface area contributed by atoms with Crippen LogP contribution in [0.5, 0.6) is 0 Å². The average molecular weight is 286 g/mol. The van der Waals surface area contributed by atoms with E-state index in [2.05, 4.69) is 10.3 Å². The molecule has 1 aromatic heterocycles. The van der Waals surface area contributed by atoms with E-state index in [1.807, 2.05) is 6.07 Å². The summed E-state index contributed by atoms with van der Waals surface area (Å²) in [6.07, 6.45) is 0.560. The number of aliphatic hydroxyl groups excluding tert-OH is 1. The Hall–Kier alpha value is -2.72. The Morgan fingerprint density at radius 1 is 1.57 bits per heavy atom. The number of nitriles is 1. The van der Waals surface area contributed by atoms with Crippen molar-refractivity contribution in [3.05, 3.63) is 47.3 Å². The molecule has 1 heterocycles. The first-order chi connectivity index (χ1) is 10.1. The van der Waals surface area contributed by atoms with Gasteiger partial charge in [0.15, 0.2) is 5.69 Å². The van der Waals surface area contributed by atoms with Gasteiger partial charge in [0, 0.05) is 0 Å². The minimum absolute atomic E-state index is 0.0924. The highest BCUT2D eigenvalue weighted by Crippen LogP contribution is 2.16. The van der Waals surface area contributed by atoms with Crippen LogP contribution in [0.15, 0.2) is 30.5 Å². The minimum atomic E-state index is -0.852. The molecular weight excluding hydrogens is 272 g/mol. The zero-order chi connectivity index (χ0) is 15.2. The molecule has 1 N–H and O–H groups in total. The first-order valence-electron chi connectivity index (χ1n) is 6.39. The van der Waals surface area contributed by atoms with Crippen molar-refractivity contribution in [2.24, 2.45) is 0 Å². The van der Waals surface area contributed by atoms with Gasteiger partial charge in [-0.1, -0.05) is 17.3 Å². The summed E-state index contributed by atoms with van der Waals surface area (Å²) in [5, 5.41) is 26.4. The Labute approximate surface area is 121 Å². The van der Waals surface area contributed by atoms with Crippen molar-refractivity contribution in [1.29, 1.82) is 5.26 Å². The first-order valence-corrected chi connectivity index (χ1v) is 6.39. The summed E-state index contributed by atoms with van der Waals surface area (Å²) in [4.78, 5) is 11.5. The number of hydrogen-bond donors (Lipinski definition) is 1. The highest BCUT2D eigenvalue weighted by molar-refractivity contribution is 5.86. The second-order valence-electron chi connectivity index (χ2n) is 4.30. The van der Waals surface area contributed by atoms with Crippen LogP contribution in [0.4, 0.5) is 0 Å². The van der Waals surface area contributed by atoms with Crippen LogP contribution >= 0.6 is 0 Å². The van der Waals surface area contributed by atoms with Crippen molar-refractivity contribution in [2.75, 3.05) is 6.61 Å². The number of hydrogen-bond acceptors (Lipinski definition) is 6. The number of carbonyl (C=O) groups is 1. The smallest absolute Gasteiger partial charge is 0.360 e. The highest BCUT2D eigenvalue weighted by Gasteiger charge is 2.14. The average Bonchev–Trinajstić information content (AvgIpc) is 2.96. The monoisotopic (exact) mass is 286 g/mol. The maximum absolute atomic E-state index is 11.5. The summed E-state index contributed by atoms with van der Waals surface area (Å²) >= 11 is 0. The van der Waals surface area contributed by atoms with Crippen LogP contribution in [0.3, 0.4) is 0 Å². The topological polar surface area (TPSA) is 101 Å². The van der Waals surface area contributed by atoms with Crippen molar-refractivity contribution in [1.82, 2.24) is 15.0 Å². The van der Waals surface area contributed by atoms with Crippen molar-refractivity contribution in [3.63, 3.8) is 0 Å². The molecule has 1 atom stereocenters. The maximum atomic E-state index is 11.5. The Morgan fingerprint density at radius 3 is 3.10 bits per heavy atom. The van der Waals surface area contributed by atoms with E-state index in [0.29, 0.717) is 11.1 Å². The SMILES string of the molecule is CCOC(=O)c1cn(C[C@H](O)c2cccc(C#N)c2)nn1. The molecule has 0 unspecified atom stereocenters. The molecule has 2 rings (SSSR count). The molecule has 0 aliphatic rings. The van der Waals surface area contributed by atoms with Crippen LogP contribution in [0.25, 0.3) is 0 Å². The van der Waals surface area contributed by atoms with Crippen LogP contribution in [0.1, 0.15) is 34.6 Å². The summed E-state index contributed by atoms with van der Waals surface area (Å²) in [5.41, 5.74) is 1.16. The fraction of sp³-hybridized carbons (Fsp3) is 0.286. The lowest BCUT2D eigenvalue weighted by atomic mass is 10.1. The number of esters is 1. The van der Waals surface area contributed by atoms with Crippen molar-refractivity contribution >= 4 is 5.97 Å². The van der Waals surface area contributed by atoms with E-state index in [9.17, 15) is 9.90 Å². The zero-order valence-electron chi connectivity index (χ0n) is 11.4. The fourth-order valence-electron chi connectivity index (χ4n) is 1.78. The Morgan fingerprint density at radius 2 is 2.38 bits per heavy atom. The molecule has 0 aliphatic carbocycles. The van der Waals surface area contributed by atoms with Gasteiger partial charge in [-0.05, 0) is 24.6 Å². The normalized spacial score (nSPS) is 11.7. The number of aliphatic hydroxyl groups is 1. The third-order valence-electron chi connectivity index (χ3n) is 2.78. The molecule has 2 aromatic rings. The van der Waals surface area contributed by atoms with Gasteiger partial charge in [-0.15, -0.1) is 5.10 Å². The number of nitrogens with zero attached hydrogens (tertiary/aromatic N) is 4. The van der Waals surface area contributed by atoms with E-state index < -0.39 is 12.1 Å². The number of aromatic nitrogens is 3. The minimum Gasteiger partial charge on any atom is -0.461 e. The van der Waals surface area contributed by atoms with Gasteiger partial charge in [0.25, 0.3) is 0 Å². The van der Waals surface area contributed by atoms with Gasteiger partial charge in [-0.25, -0.2) is 9.48 Å². The predicted molar refractivity (Wildman–Crippen MR) is 72.1 cm³/mol. The molecule has 7 nitrogen and oxygen atoms in total. The van der Waals surface area contributed by atoms with E-state index in [-0.39, 0.29) is 18.8 Å². The predicted octanol–water partition coefficient (Wildman–Crippen LogP) is 1.06. The number of benzene rings is 1. The van der Waals surface area contributed by atoms with Crippen LogP contribution in [0.2, 0.25) is 0 Å². The molecule has 1 aromatic carbocycles. The Kier molecular flexibility index (Phi) is 4.64. The molecule has 21 heavy (non-hydrogen) atoms. The molecule has 0 amide bonds. The van der Waals surface area contributed by atoms with Crippen LogP contribution in [-0.4, -0.2) is 32.7 Å².